The largest absolute Gasteiger partial charge is 0.478 e. The fourth-order valence-electron chi connectivity index (χ4n) is 2.90. The number of alkyl halides is 3. The van der Waals surface area contributed by atoms with E-state index in [0.717, 1.165) is 36.6 Å². The molecule has 0 radical (unpaired) electrons. The lowest BCUT2D eigenvalue weighted by Crippen LogP contribution is -2.40. The summed E-state index contributed by atoms with van der Waals surface area (Å²) in [6, 6.07) is 5.49. The lowest BCUT2D eigenvalue weighted by Gasteiger charge is -2.22. The number of nitrogens with zero attached hydrogens (tertiary/aromatic N) is 1. The van der Waals surface area contributed by atoms with Crippen LogP contribution in [0.2, 0.25) is 0 Å². The molecule has 1 aromatic rings. The van der Waals surface area contributed by atoms with E-state index in [9.17, 15) is 13.2 Å². The number of nitrogens with one attached hydrogen (secondary N) is 1. The van der Waals surface area contributed by atoms with Crippen LogP contribution >= 0.6 is 0 Å². The second-order valence-corrected chi connectivity index (χ2v) is 5.83. The summed E-state index contributed by atoms with van der Waals surface area (Å²) in [5.74, 6) is 0.761. The molecule has 3 rings (SSSR count). The third-order valence-corrected chi connectivity index (χ3v) is 4.09. The Bertz CT molecular complexity index is 533. The van der Waals surface area contributed by atoms with Crippen LogP contribution < -0.4 is 5.32 Å². The van der Waals surface area contributed by atoms with Crippen molar-refractivity contribution in [3.8, 4) is 0 Å². The number of benzene rings is 1. The molecule has 0 bridgehead atoms. The van der Waals surface area contributed by atoms with Crippen LogP contribution in [-0.4, -0.2) is 31.1 Å². The third-order valence-electron chi connectivity index (χ3n) is 4.09. The minimum Gasteiger partial charge on any atom is -0.478 e. The number of piperidine rings is 1. The summed E-state index contributed by atoms with van der Waals surface area (Å²) < 4.78 is 43.3. The Kier molecular flexibility index (Phi) is 4.38. The molecule has 1 fully saturated rings. The molecule has 1 N–H and O–H groups in total. The number of rotatable bonds is 3. The first-order chi connectivity index (χ1) is 10.5. The van der Waals surface area contributed by atoms with Gasteiger partial charge in [0.1, 0.15) is 6.61 Å². The molecule has 0 aliphatic carbocycles. The van der Waals surface area contributed by atoms with Crippen molar-refractivity contribution >= 4 is 5.90 Å². The Hall–Kier alpha value is -1.56. The van der Waals surface area contributed by atoms with E-state index in [0.29, 0.717) is 13.0 Å². The quantitative estimate of drug-likeness (QED) is 0.930. The van der Waals surface area contributed by atoms with Crippen molar-refractivity contribution < 1.29 is 17.9 Å². The van der Waals surface area contributed by atoms with Gasteiger partial charge in [-0.25, -0.2) is 4.99 Å². The minimum atomic E-state index is -4.28. The van der Waals surface area contributed by atoms with Gasteiger partial charge >= 0.3 is 6.18 Å². The Morgan fingerprint density at radius 1 is 1.18 bits per heavy atom. The van der Waals surface area contributed by atoms with Gasteiger partial charge in [0.25, 0.3) is 0 Å². The van der Waals surface area contributed by atoms with Crippen molar-refractivity contribution in [2.75, 3.05) is 13.2 Å². The fraction of sp³-hybridized carbons (Fsp3) is 0.562. The topological polar surface area (TPSA) is 33.6 Å². The molecule has 2 aliphatic heterocycles. The second-order valence-electron chi connectivity index (χ2n) is 5.83. The molecule has 6 heteroatoms. The van der Waals surface area contributed by atoms with Crippen LogP contribution in [0.4, 0.5) is 13.2 Å². The van der Waals surface area contributed by atoms with Crippen LogP contribution in [0.3, 0.4) is 0 Å². The monoisotopic (exact) mass is 312 g/mol. The molecular formula is C16H19F3N2O. The summed E-state index contributed by atoms with van der Waals surface area (Å²) in [5, 5.41) is 3.39. The first-order valence-electron chi connectivity index (χ1n) is 7.62. The Labute approximate surface area is 127 Å². The summed E-state index contributed by atoms with van der Waals surface area (Å²) in [7, 11) is 0. The Balaban J connectivity index is 1.60. The normalized spacial score (nSPS) is 25.7. The van der Waals surface area contributed by atoms with Gasteiger partial charge < -0.3 is 10.1 Å². The summed E-state index contributed by atoms with van der Waals surface area (Å²) in [6.45, 7) is 1.49. The van der Waals surface area contributed by atoms with Crippen LogP contribution in [0.1, 0.15) is 30.4 Å². The zero-order chi connectivity index (χ0) is 15.6. The van der Waals surface area contributed by atoms with Gasteiger partial charge in [-0.05, 0) is 43.5 Å². The molecule has 22 heavy (non-hydrogen) atoms. The molecule has 2 atom stereocenters. The number of halogens is 3. The lowest BCUT2D eigenvalue weighted by molar-refractivity contribution is -0.137. The molecule has 1 saturated heterocycles. The van der Waals surface area contributed by atoms with Crippen LogP contribution in [0.15, 0.2) is 29.3 Å². The molecular weight excluding hydrogens is 293 g/mol. The number of aliphatic imine (C=N–C) groups is 1. The van der Waals surface area contributed by atoms with E-state index in [1.807, 2.05) is 0 Å². The van der Waals surface area contributed by atoms with Gasteiger partial charge in [0, 0.05) is 0 Å². The van der Waals surface area contributed by atoms with Gasteiger partial charge in [0.05, 0.1) is 17.6 Å². The molecule has 0 amide bonds. The number of hydrogen-bond donors (Lipinski definition) is 1. The van der Waals surface area contributed by atoms with Crippen molar-refractivity contribution in [2.24, 2.45) is 4.99 Å². The van der Waals surface area contributed by atoms with Gasteiger partial charge in [0.15, 0.2) is 0 Å². The Morgan fingerprint density at radius 3 is 2.59 bits per heavy atom. The molecule has 2 unspecified atom stereocenters. The van der Waals surface area contributed by atoms with E-state index in [2.05, 4.69) is 10.3 Å². The van der Waals surface area contributed by atoms with Crippen molar-refractivity contribution in [1.82, 2.24) is 5.32 Å². The fourth-order valence-corrected chi connectivity index (χ4v) is 2.90. The summed E-state index contributed by atoms with van der Waals surface area (Å²) in [6.07, 6.45) is -0.296. The molecule has 1 aromatic carbocycles. The molecule has 120 valence electrons. The number of hydrogen-bond acceptors (Lipinski definition) is 3. The van der Waals surface area contributed by atoms with Gasteiger partial charge in [-0.15, -0.1) is 0 Å². The van der Waals surface area contributed by atoms with Gasteiger partial charge in [0.2, 0.25) is 5.90 Å². The SMILES string of the molecule is FC(F)(F)c1ccc(CC2COC(C3CCCCN3)=N2)cc1. The lowest BCUT2D eigenvalue weighted by atomic mass is 10.0. The summed E-state index contributed by atoms with van der Waals surface area (Å²) >= 11 is 0. The van der Waals surface area contributed by atoms with E-state index in [1.54, 1.807) is 0 Å². The van der Waals surface area contributed by atoms with Crippen LogP contribution in [0.25, 0.3) is 0 Å². The highest BCUT2D eigenvalue weighted by Gasteiger charge is 2.30. The van der Waals surface area contributed by atoms with Gasteiger partial charge in [-0.1, -0.05) is 18.6 Å². The van der Waals surface area contributed by atoms with Crippen molar-refractivity contribution in [1.29, 1.82) is 0 Å². The Morgan fingerprint density at radius 2 is 1.95 bits per heavy atom. The zero-order valence-corrected chi connectivity index (χ0v) is 12.2. The number of ether oxygens (including phenoxy) is 1. The highest BCUT2D eigenvalue weighted by atomic mass is 19.4. The smallest absolute Gasteiger partial charge is 0.416 e. The average Bonchev–Trinajstić information content (AvgIpc) is 2.96. The van der Waals surface area contributed by atoms with E-state index in [-0.39, 0.29) is 12.1 Å². The maximum Gasteiger partial charge on any atom is 0.416 e. The summed E-state index contributed by atoms with van der Waals surface area (Å²) in [5.41, 5.74) is 0.234. The van der Waals surface area contributed by atoms with Gasteiger partial charge in [-0.3, -0.25) is 0 Å². The maximum absolute atomic E-state index is 12.5. The van der Waals surface area contributed by atoms with Crippen LogP contribution in [0.5, 0.6) is 0 Å². The van der Waals surface area contributed by atoms with E-state index in [4.69, 9.17) is 4.74 Å². The second kappa shape index (κ2) is 6.28. The molecule has 0 aromatic heterocycles. The first kappa shape index (κ1) is 15.3. The molecule has 2 heterocycles. The average molecular weight is 312 g/mol. The summed E-state index contributed by atoms with van der Waals surface area (Å²) in [4.78, 5) is 4.59. The zero-order valence-electron chi connectivity index (χ0n) is 12.2. The molecule has 0 spiro atoms. The van der Waals surface area contributed by atoms with E-state index < -0.39 is 11.7 Å². The van der Waals surface area contributed by atoms with Crippen LogP contribution in [-0.2, 0) is 17.3 Å². The highest BCUT2D eigenvalue weighted by Crippen LogP contribution is 2.29. The predicted octanol–water partition coefficient (Wildman–Crippen LogP) is 3.19. The van der Waals surface area contributed by atoms with Crippen molar-refractivity contribution in [3.63, 3.8) is 0 Å². The van der Waals surface area contributed by atoms with Crippen molar-refractivity contribution in [3.05, 3.63) is 35.4 Å². The minimum absolute atomic E-state index is 0.00420. The molecule has 0 saturated carbocycles. The highest BCUT2D eigenvalue weighted by molar-refractivity contribution is 5.83. The van der Waals surface area contributed by atoms with E-state index in [1.165, 1.54) is 25.0 Å². The maximum atomic E-state index is 12.5. The molecule has 3 nitrogen and oxygen atoms in total. The van der Waals surface area contributed by atoms with Gasteiger partial charge in [-0.2, -0.15) is 13.2 Å². The first-order valence-corrected chi connectivity index (χ1v) is 7.62. The third kappa shape index (κ3) is 3.61. The predicted molar refractivity (Wildman–Crippen MR) is 78.0 cm³/mol. The molecule has 2 aliphatic rings. The standard InChI is InChI=1S/C16H19F3N2O/c17-16(18,19)12-6-4-11(5-7-12)9-13-10-22-15(21-13)14-3-1-2-8-20-14/h4-7,13-14,20H,1-3,8-10H2. The van der Waals surface area contributed by atoms with E-state index >= 15 is 0 Å². The van der Waals surface area contributed by atoms with Crippen LogP contribution in [0, 0.1) is 0 Å². The van der Waals surface area contributed by atoms with Crippen molar-refractivity contribution in [2.45, 2.75) is 43.9 Å².